The van der Waals surface area contributed by atoms with E-state index in [1.165, 1.54) is 263 Å². The first-order valence-electron chi connectivity index (χ1n) is 32.4. The summed E-state index contributed by atoms with van der Waals surface area (Å²) in [5, 5.41) is 23.1. The molecule has 6 heteroatoms. The molecule has 2 atom stereocenters. The molecule has 6 nitrogen and oxygen atoms in total. The van der Waals surface area contributed by atoms with Gasteiger partial charge in [0.05, 0.1) is 25.4 Å². The molecule has 2 unspecified atom stereocenters. The molecule has 0 aliphatic carbocycles. The van der Waals surface area contributed by atoms with E-state index >= 15 is 0 Å². The minimum atomic E-state index is -0.849. The van der Waals surface area contributed by atoms with E-state index in [1.54, 1.807) is 6.08 Å². The summed E-state index contributed by atoms with van der Waals surface area (Å²) in [6.45, 7) is 4.90. The van der Waals surface area contributed by atoms with Crippen molar-refractivity contribution >= 4 is 11.9 Å². The molecule has 0 saturated carbocycles. The van der Waals surface area contributed by atoms with Gasteiger partial charge in [0.25, 0.3) is 0 Å². The van der Waals surface area contributed by atoms with Gasteiger partial charge in [-0.2, -0.15) is 0 Å². The van der Waals surface area contributed by atoms with E-state index in [4.69, 9.17) is 4.74 Å². The van der Waals surface area contributed by atoms with Gasteiger partial charge in [-0.1, -0.05) is 287 Å². The second-order valence-electron chi connectivity index (χ2n) is 22.1. The number of unbranched alkanes of at least 4 members (excludes halogenated alkanes) is 43. The number of hydrogen-bond donors (Lipinski definition) is 3. The topological polar surface area (TPSA) is 95.9 Å². The molecule has 0 rings (SSSR count). The first-order valence-corrected chi connectivity index (χ1v) is 32.4. The van der Waals surface area contributed by atoms with Gasteiger partial charge in [0.1, 0.15) is 0 Å². The van der Waals surface area contributed by atoms with Crippen LogP contribution >= 0.6 is 0 Å². The molecule has 0 saturated heterocycles. The number of esters is 1. The molecule has 0 fully saturated rings. The largest absolute Gasteiger partial charge is 0.466 e. The van der Waals surface area contributed by atoms with E-state index in [-0.39, 0.29) is 18.5 Å². The summed E-state index contributed by atoms with van der Waals surface area (Å²) in [6.07, 6.45) is 80.2. The van der Waals surface area contributed by atoms with Crippen molar-refractivity contribution in [3.05, 3.63) is 48.6 Å². The number of ether oxygens (including phenoxy) is 1. The van der Waals surface area contributed by atoms with Gasteiger partial charge in [-0.25, -0.2) is 0 Å². The second-order valence-corrected chi connectivity index (χ2v) is 22.1. The van der Waals surface area contributed by atoms with Crippen LogP contribution in [0.3, 0.4) is 0 Å². The van der Waals surface area contributed by atoms with Gasteiger partial charge in [0.15, 0.2) is 0 Å². The second kappa shape index (κ2) is 62.4. The van der Waals surface area contributed by atoms with Crippen molar-refractivity contribution in [1.82, 2.24) is 5.32 Å². The first-order chi connectivity index (χ1) is 36.0. The fourth-order valence-corrected chi connectivity index (χ4v) is 9.84. The highest BCUT2D eigenvalue weighted by Crippen LogP contribution is 2.17. The fraction of sp³-hybridized carbons (Fsp3) is 0.851. The lowest BCUT2D eigenvalue weighted by Gasteiger charge is -2.20. The van der Waals surface area contributed by atoms with Crippen LogP contribution in [0.4, 0.5) is 0 Å². The standard InChI is InChI=1S/C67H125NO5/c1-3-5-7-9-11-13-15-17-19-29-33-37-41-45-49-53-57-61-67(72)73-62-58-54-50-46-42-38-34-31-28-26-24-22-20-21-23-25-27-30-32-36-40-44-48-52-56-60-66(71)68-64(63-69)65(70)59-55-51-47-43-39-35-18-16-14-12-10-8-6-4-2/h17,19,21-24,55,59,64-65,69-70H,3-16,18,20,25-54,56-58,60-63H2,1-2H3,(H,68,71)/b19-17-,23-21-,24-22-,59-55+. The third kappa shape index (κ3) is 58.9. The number of carbonyl (C=O) groups is 2. The van der Waals surface area contributed by atoms with Crippen LogP contribution in [0, 0.1) is 0 Å². The van der Waals surface area contributed by atoms with E-state index in [9.17, 15) is 19.8 Å². The molecule has 0 heterocycles. The van der Waals surface area contributed by atoms with Gasteiger partial charge < -0.3 is 20.3 Å². The molecular weight excluding hydrogens is 899 g/mol. The summed E-state index contributed by atoms with van der Waals surface area (Å²) < 4.78 is 5.49. The lowest BCUT2D eigenvalue weighted by atomic mass is 10.0. The lowest BCUT2D eigenvalue weighted by Crippen LogP contribution is -2.45. The zero-order valence-corrected chi connectivity index (χ0v) is 48.9. The number of rotatable bonds is 60. The Hall–Kier alpha value is -2.18. The van der Waals surface area contributed by atoms with Gasteiger partial charge in [0.2, 0.25) is 5.91 Å². The minimum Gasteiger partial charge on any atom is -0.466 e. The Morgan fingerprint density at radius 3 is 1.05 bits per heavy atom. The number of carbonyl (C=O) groups excluding carboxylic acids is 2. The van der Waals surface area contributed by atoms with Crippen LogP contribution in [-0.2, 0) is 14.3 Å². The maximum Gasteiger partial charge on any atom is 0.305 e. The number of amides is 1. The Labute approximate surface area is 455 Å². The molecule has 0 aromatic rings. The van der Waals surface area contributed by atoms with E-state index < -0.39 is 12.1 Å². The molecule has 1 amide bonds. The normalized spacial score (nSPS) is 12.9. The number of aliphatic hydroxyl groups excluding tert-OH is 2. The molecule has 428 valence electrons. The van der Waals surface area contributed by atoms with Gasteiger partial charge in [-0.15, -0.1) is 0 Å². The lowest BCUT2D eigenvalue weighted by molar-refractivity contribution is -0.143. The van der Waals surface area contributed by atoms with E-state index in [0.29, 0.717) is 19.4 Å². The molecule has 0 aromatic heterocycles. The maximum absolute atomic E-state index is 12.5. The van der Waals surface area contributed by atoms with Gasteiger partial charge >= 0.3 is 5.97 Å². The molecule has 73 heavy (non-hydrogen) atoms. The van der Waals surface area contributed by atoms with Crippen molar-refractivity contribution in [1.29, 1.82) is 0 Å². The zero-order valence-electron chi connectivity index (χ0n) is 48.9. The van der Waals surface area contributed by atoms with Crippen molar-refractivity contribution in [3.63, 3.8) is 0 Å². The molecular formula is C67H125NO5. The Kier molecular flexibility index (Phi) is 60.5. The van der Waals surface area contributed by atoms with Crippen molar-refractivity contribution in [2.24, 2.45) is 0 Å². The predicted molar refractivity (Wildman–Crippen MR) is 319 cm³/mol. The quantitative estimate of drug-likeness (QED) is 0.0320. The summed E-state index contributed by atoms with van der Waals surface area (Å²) in [5.41, 5.74) is 0. The Morgan fingerprint density at radius 2 is 0.685 bits per heavy atom. The molecule has 0 aromatic carbocycles. The van der Waals surface area contributed by atoms with Crippen LogP contribution in [0.1, 0.15) is 341 Å². The smallest absolute Gasteiger partial charge is 0.305 e. The van der Waals surface area contributed by atoms with Crippen LogP contribution in [-0.4, -0.2) is 47.4 Å². The summed E-state index contributed by atoms with van der Waals surface area (Å²) in [6, 6.07) is -0.633. The van der Waals surface area contributed by atoms with Crippen molar-refractivity contribution in [3.8, 4) is 0 Å². The van der Waals surface area contributed by atoms with Crippen molar-refractivity contribution in [2.45, 2.75) is 353 Å². The molecule has 0 aliphatic rings. The third-order valence-corrected chi connectivity index (χ3v) is 14.8. The molecule has 3 N–H and O–H groups in total. The highest BCUT2D eigenvalue weighted by molar-refractivity contribution is 5.76. The predicted octanol–water partition coefficient (Wildman–Crippen LogP) is 20.5. The maximum atomic E-state index is 12.5. The molecule has 0 aliphatic heterocycles. The summed E-state index contributed by atoms with van der Waals surface area (Å²) in [5.74, 6) is -0.0687. The fourth-order valence-electron chi connectivity index (χ4n) is 9.84. The van der Waals surface area contributed by atoms with Crippen LogP contribution in [0.2, 0.25) is 0 Å². The van der Waals surface area contributed by atoms with E-state index in [0.717, 1.165) is 51.4 Å². The SMILES string of the molecule is CCCCCCCC/C=C\CCCCCCCCCC(=O)OCCCCCCCCCCC/C=C\C/C=C\CCCCCCCCCCCC(=O)NC(CO)C(O)/C=C/CCCCCCCCCCCCCC. The number of hydrogen-bond acceptors (Lipinski definition) is 5. The van der Waals surface area contributed by atoms with Crippen LogP contribution in [0.25, 0.3) is 0 Å². The van der Waals surface area contributed by atoms with E-state index in [1.807, 2.05) is 6.08 Å². The number of nitrogens with one attached hydrogen (secondary N) is 1. The molecule has 0 radical (unpaired) electrons. The van der Waals surface area contributed by atoms with E-state index in [2.05, 4.69) is 55.6 Å². The summed E-state index contributed by atoms with van der Waals surface area (Å²) >= 11 is 0. The first kappa shape index (κ1) is 70.8. The zero-order chi connectivity index (χ0) is 52.9. The third-order valence-electron chi connectivity index (χ3n) is 14.8. The molecule has 0 bridgehead atoms. The van der Waals surface area contributed by atoms with Gasteiger partial charge in [-0.3, -0.25) is 9.59 Å². The highest BCUT2D eigenvalue weighted by Gasteiger charge is 2.18. The number of aliphatic hydroxyl groups is 2. The van der Waals surface area contributed by atoms with Gasteiger partial charge in [-0.05, 0) is 89.9 Å². The highest BCUT2D eigenvalue weighted by atomic mass is 16.5. The molecule has 0 spiro atoms. The van der Waals surface area contributed by atoms with Gasteiger partial charge in [0, 0.05) is 12.8 Å². The average molecular weight is 1020 g/mol. The Balaban J connectivity index is 3.44. The van der Waals surface area contributed by atoms with Crippen LogP contribution < -0.4 is 5.32 Å². The Morgan fingerprint density at radius 1 is 0.384 bits per heavy atom. The minimum absolute atomic E-state index is 0.00506. The summed E-state index contributed by atoms with van der Waals surface area (Å²) in [4.78, 5) is 24.5. The summed E-state index contributed by atoms with van der Waals surface area (Å²) in [7, 11) is 0. The van der Waals surface area contributed by atoms with Crippen LogP contribution in [0.15, 0.2) is 48.6 Å². The number of allylic oxidation sites excluding steroid dienone is 7. The van der Waals surface area contributed by atoms with Crippen LogP contribution in [0.5, 0.6) is 0 Å². The van der Waals surface area contributed by atoms with Crippen molar-refractivity contribution < 1.29 is 24.5 Å². The average Bonchev–Trinajstić information content (AvgIpc) is 3.39. The monoisotopic (exact) mass is 1020 g/mol. The van der Waals surface area contributed by atoms with Crippen molar-refractivity contribution in [2.75, 3.05) is 13.2 Å². The Bertz CT molecular complexity index is 1230.